The first-order chi connectivity index (χ1) is 13.2. The van der Waals surface area contributed by atoms with Crippen molar-refractivity contribution in [1.82, 2.24) is 0 Å². The van der Waals surface area contributed by atoms with Crippen molar-refractivity contribution in [2.24, 2.45) is 0 Å². The summed E-state index contributed by atoms with van der Waals surface area (Å²) in [7, 11) is -3.83. The van der Waals surface area contributed by atoms with Crippen LogP contribution in [0, 0.1) is 0 Å². The van der Waals surface area contributed by atoms with Crippen molar-refractivity contribution in [1.29, 1.82) is 0 Å². The van der Waals surface area contributed by atoms with Crippen molar-refractivity contribution >= 4 is 50.5 Å². The van der Waals surface area contributed by atoms with Crippen LogP contribution in [0.25, 0.3) is 0 Å². The molecule has 1 atom stereocenters. The van der Waals surface area contributed by atoms with Crippen molar-refractivity contribution < 1.29 is 17.9 Å². The van der Waals surface area contributed by atoms with Gasteiger partial charge in [0.15, 0.2) is 0 Å². The minimum atomic E-state index is -3.83. The van der Waals surface area contributed by atoms with Gasteiger partial charge in [0, 0.05) is 5.02 Å². The number of carbonyl (C=O) groups excluding carboxylic acids is 1. The van der Waals surface area contributed by atoms with Gasteiger partial charge in [-0.25, -0.2) is 8.42 Å². The molecule has 0 radical (unpaired) electrons. The first kappa shape index (κ1) is 22.3. The van der Waals surface area contributed by atoms with E-state index >= 15 is 0 Å². The number of anilines is 2. The Hall–Kier alpha value is -1.96. The number of halogens is 2. The zero-order chi connectivity index (χ0) is 20.9. The van der Waals surface area contributed by atoms with E-state index in [0.717, 1.165) is 10.6 Å². The highest BCUT2D eigenvalue weighted by atomic mass is 35.5. The predicted octanol–water partition coefficient (Wildman–Crippen LogP) is 4.58. The summed E-state index contributed by atoms with van der Waals surface area (Å²) in [5, 5.41) is 3.24. The summed E-state index contributed by atoms with van der Waals surface area (Å²) in [6.45, 7) is 3.98. The Morgan fingerprint density at radius 1 is 1.18 bits per heavy atom. The lowest BCUT2D eigenvalue weighted by atomic mass is 10.1. The van der Waals surface area contributed by atoms with Crippen LogP contribution in [0.15, 0.2) is 42.5 Å². The SMILES string of the molecule is CCOc1ccccc1NC(=O)[C@@H](CC)N(c1cc(Cl)ccc1Cl)S(C)(=O)=O. The molecule has 0 fully saturated rings. The van der Waals surface area contributed by atoms with E-state index in [2.05, 4.69) is 5.32 Å². The lowest BCUT2D eigenvalue weighted by molar-refractivity contribution is -0.117. The average Bonchev–Trinajstić information content (AvgIpc) is 2.62. The van der Waals surface area contributed by atoms with Gasteiger partial charge in [-0.1, -0.05) is 42.3 Å². The van der Waals surface area contributed by atoms with Gasteiger partial charge in [0.05, 0.1) is 29.3 Å². The Balaban J connectivity index is 2.44. The third-order valence-corrected chi connectivity index (χ3v) is 5.64. The Bertz CT molecular complexity index is 951. The van der Waals surface area contributed by atoms with Gasteiger partial charge in [0.25, 0.3) is 0 Å². The summed E-state index contributed by atoms with van der Waals surface area (Å²) in [5.41, 5.74) is 0.607. The highest BCUT2D eigenvalue weighted by Crippen LogP contribution is 2.33. The van der Waals surface area contributed by atoms with E-state index in [1.165, 1.54) is 12.1 Å². The monoisotopic (exact) mass is 444 g/mol. The van der Waals surface area contributed by atoms with E-state index < -0.39 is 22.0 Å². The Morgan fingerprint density at radius 2 is 1.86 bits per heavy atom. The summed E-state index contributed by atoms with van der Waals surface area (Å²) in [5.74, 6) is -0.00369. The van der Waals surface area contributed by atoms with Gasteiger partial charge in [0.2, 0.25) is 15.9 Å². The number of para-hydroxylation sites is 2. The second-order valence-corrected chi connectivity index (χ2v) is 8.70. The van der Waals surface area contributed by atoms with E-state index in [4.69, 9.17) is 27.9 Å². The van der Waals surface area contributed by atoms with Crippen LogP contribution in [0.3, 0.4) is 0 Å². The van der Waals surface area contributed by atoms with Gasteiger partial charge < -0.3 is 10.1 Å². The molecule has 0 unspecified atom stereocenters. The molecule has 0 aliphatic heterocycles. The van der Waals surface area contributed by atoms with Gasteiger partial charge in [-0.05, 0) is 43.7 Å². The second-order valence-electron chi connectivity index (χ2n) is 6.00. The van der Waals surface area contributed by atoms with Crippen LogP contribution in [-0.2, 0) is 14.8 Å². The Labute approximate surface area is 175 Å². The summed E-state index contributed by atoms with van der Waals surface area (Å²) >= 11 is 12.2. The van der Waals surface area contributed by atoms with Crippen molar-refractivity contribution in [2.45, 2.75) is 26.3 Å². The van der Waals surface area contributed by atoms with E-state index in [-0.39, 0.29) is 17.1 Å². The Morgan fingerprint density at radius 3 is 2.46 bits per heavy atom. The molecule has 152 valence electrons. The molecule has 2 rings (SSSR count). The maximum absolute atomic E-state index is 13.0. The molecular weight excluding hydrogens is 423 g/mol. The summed E-state index contributed by atoms with van der Waals surface area (Å²) in [6.07, 6.45) is 1.24. The van der Waals surface area contributed by atoms with Crippen LogP contribution >= 0.6 is 23.2 Å². The number of nitrogens with one attached hydrogen (secondary N) is 1. The summed E-state index contributed by atoms with van der Waals surface area (Å²) < 4.78 is 31.6. The molecule has 0 heterocycles. The van der Waals surface area contributed by atoms with Crippen molar-refractivity contribution in [2.75, 3.05) is 22.5 Å². The molecule has 2 aromatic rings. The zero-order valence-electron chi connectivity index (χ0n) is 15.8. The minimum Gasteiger partial charge on any atom is -0.492 e. The van der Waals surface area contributed by atoms with Crippen molar-refractivity contribution in [3.63, 3.8) is 0 Å². The molecule has 0 aliphatic rings. The number of nitrogens with zero attached hydrogens (tertiary/aromatic N) is 1. The van der Waals surface area contributed by atoms with Gasteiger partial charge in [0.1, 0.15) is 11.8 Å². The topological polar surface area (TPSA) is 75.7 Å². The first-order valence-corrected chi connectivity index (χ1v) is 11.3. The van der Waals surface area contributed by atoms with Gasteiger partial charge in [-0.3, -0.25) is 9.10 Å². The maximum atomic E-state index is 13.0. The fraction of sp³-hybridized carbons (Fsp3) is 0.316. The number of amides is 1. The van der Waals surface area contributed by atoms with Crippen LogP contribution in [0.5, 0.6) is 5.75 Å². The molecule has 0 saturated carbocycles. The van der Waals surface area contributed by atoms with Gasteiger partial charge in [-0.2, -0.15) is 0 Å². The van der Waals surface area contributed by atoms with Crippen LogP contribution in [0.1, 0.15) is 20.3 Å². The van der Waals surface area contributed by atoms with Crippen LogP contribution in [-0.4, -0.2) is 33.2 Å². The van der Waals surface area contributed by atoms with E-state index in [0.29, 0.717) is 23.1 Å². The normalized spacial score (nSPS) is 12.3. The summed E-state index contributed by atoms with van der Waals surface area (Å²) in [4.78, 5) is 13.0. The standard InChI is InChI=1S/C19H22Cl2N2O4S/c1-4-16(19(24)22-15-8-6-7-9-18(15)27-5-2)23(28(3,25)26)17-12-13(20)10-11-14(17)21/h6-12,16H,4-5H2,1-3H3,(H,22,24)/t16-/m1/s1. The minimum absolute atomic E-state index is 0.150. The number of carbonyl (C=O) groups is 1. The lowest BCUT2D eigenvalue weighted by Gasteiger charge is -2.31. The maximum Gasteiger partial charge on any atom is 0.248 e. The third-order valence-electron chi connectivity index (χ3n) is 3.92. The second kappa shape index (κ2) is 9.49. The van der Waals surface area contributed by atoms with Crippen LogP contribution in [0.2, 0.25) is 10.0 Å². The fourth-order valence-corrected chi connectivity index (χ4v) is 4.40. The highest BCUT2D eigenvalue weighted by Gasteiger charge is 2.33. The third kappa shape index (κ3) is 5.31. The van der Waals surface area contributed by atoms with E-state index in [1.54, 1.807) is 37.3 Å². The van der Waals surface area contributed by atoms with Crippen molar-refractivity contribution in [3.05, 3.63) is 52.5 Å². The molecule has 0 spiro atoms. The molecule has 0 aliphatic carbocycles. The molecule has 0 bridgehead atoms. The quantitative estimate of drug-likeness (QED) is 0.646. The number of rotatable bonds is 8. The molecule has 0 saturated heterocycles. The lowest BCUT2D eigenvalue weighted by Crippen LogP contribution is -2.47. The molecule has 6 nitrogen and oxygen atoms in total. The molecule has 28 heavy (non-hydrogen) atoms. The molecule has 1 N–H and O–H groups in total. The number of benzene rings is 2. The van der Waals surface area contributed by atoms with E-state index in [9.17, 15) is 13.2 Å². The first-order valence-electron chi connectivity index (χ1n) is 8.66. The van der Waals surface area contributed by atoms with Crippen molar-refractivity contribution in [3.8, 4) is 5.75 Å². The zero-order valence-corrected chi connectivity index (χ0v) is 18.1. The number of sulfonamides is 1. The highest BCUT2D eigenvalue weighted by molar-refractivity contribution is 7.92. The van der Waals surface area contributed by atoms with E-state index in [1.807, 2.05) is 6.92 Å². The number of ether oxygens (including phenoxy) is 1. The molecular formula is C19H22Cl2N2O4S. The molecule has 9 heteroatoms. The molecule has 2 aromatic carbocycles. The molecule has 1 amide bonds. The number of hydrogen-bond donors (Lipinski definition) is 1. The summed E-state index contributed by atoms with van der Waals surface area (Å²) in [6, 6.07) is 10.4. The average molecular weight is 445 g/mol. The Kier molecular flexibility index (Phi) is 7.57. The van der Waals surface area contributed by atoms with Gasteiger partial charge in [-0.15, -0.1) is 0 Å². The smallest absolute Gasteiger partial charge is 0.248 e. The fourth-order valence-electron chi connectivity index (χ4n) is 2.76. The number of hydrogen-bond acceptors (Lipinski definition) is 4. The van der Waals surface area contributed by atoms with Crippen LogP contribution in [0.4, 0.5) is 11.4 Å². The predicted molar refractivity (Wildman–Crippen MR) is 114 cm³/mol. The molecule has 0 aromatic heterocycles. The largest absolute Gasteiger partial charge is 0.492 e. The van der Waals surface area contributed by atoms with Gasteiger partial charge >= 0.3 is 0 Å². The van der Waals surface area contributed by atoms with Crippen LogP contribution < -0.4 is 14.4 Å².